The van der Waals surface area contributed by atoms with Gasteiger partial charge in [0.15, 0.2) is 5.96 Å². The second-order valence-corrected chi connectivity index (χ2v) is 8.03. The summed E-state index contributed by atoms with van der Waals surface area (Å²) in [6.07, 6.45) is 5.33. The van der Waals surface area contributed by atoms with Gasteiger partial charge in [-0.25, -0.2) is 8.42 Å². The van der Waals surface area contributed by atoms with Crippen LogP contribution in [-0.2, 0) is 16.4 Å². The molecule has 0 fully saturated rings. The largest absolute Gasteiger partial charge is 0.370 e. The van der Waals surface area contributed by atoms with Crippen LogP contribution in [0.4, 0.5) is 5.69 Å². The summed E-state index contributed by atoms with van der Waals surface area (Å²) in [7, 11) is -3.34. The second-order valence-electron chi connectivity index (χ2n) is 6.02. The van der Waals surface area contributed by atoms with Crippen LogP contribution in [0.1, 0.15) is 38.2 Å². The molecule has 0 bridgehead atoms. The molecule has 0 aromatic heterocycles. The van der Waals surface area contributed by atoms with Gasteiger partial charge < -0.3 is 11.1 Å². The lowest BCUT2D eigenvalue weighted by Gasteiger charge is -2.19. The van der Waals surface area contributed by atoms with Crippen molar-refractivity contribution in [3.63, 3.8) is 0 Å². The Bertz CT molecular complexity index is 664. The van der Waals surface area contributed by atoms with Crippen LogP contribution in [0.3, 0.4) is 0 Å². The van der Waals surface area contributed by atoms with Crippen molar-refractivity contribution in [2.24, 2.45) is 10.7 Å². The number of rotatable bonds is 9. The second kappa shape index (κ2) is 10.8. The zero-order valence-electron chi connectivity index (χ0n) is 14.8. The number of nitrogens with two attached hydrogens (primary N) is 1. The van der Waals surface area contributed by atoms with E-state index in [2.05, 4.69) is 17.2 Å². The molecule has 0 aliphatic carbocycles. The molecule has 6 nitrogen and oxygen atoms in total. The Hall–Kier alpha value is -1.03. The van der Waals surface area contributed by atoms with E-state index in [0.717, 1.165) is 30.5 Å². The average Bonchev–Trinajstić information content (AvgIpc) is 2.99. The van der Waals surface area contributed by atoms with Gasteiger partial charge in [0.25, 0.3) is 0 Å². The molecule has 0 atom stereocenters. The molecule has 0 amide bonds. The van der Waals surface area contributed by atoms with Gasteiger partial charge in [0.05, 0.1) is 11.4 Å². The van der Waals surface area contributed by atoms with Crippen LogP contribution in [0.25, 0.3) is 0 Å². The Morgan fingerprint density at radius 2 is 2.04 bits per heavy atom. The monoisotopic (exact) mass is 480 g/mol. The molecule has 1 aromatic rings. The van der Waals surface area contributed by atoms with Crippen molar-refractivity contribution in [3.05, 3.63) is 29.8 Å². The number of guanidine groups is 1. The number of benzene rings is 1. The van der Waals surface area contributed by atoms with Gasteiger partial charge in [0.2, 0.25) is 10.0 Å². The van der Waals surface area contributed by atoms with Crippen molar-refractivity contribution in [3.8, 4) is 0 Å². The van der Waals surface area contributed by atoms with Crippen LogP contribution in [-0.4, -0.2) is 39.8 Å². The Morgan fingerprint density at radius 3 is 2.80 bits per heavy atom. The fraction of sp³-hybridized carbons (Fsp3) is 0.588. The number of fused-ring (bicyclic) bond motifs is 1. The van der Waals surface area contributed by atoms with Crippen LogP contribution >= 0.6 is 24.0 Å². The van der Waals surface area contributed by atoms with Gasteiger partial charge >= 0.3 is 0 Å². The maximum atomic E-state index is 12.5. The van der Waals surface area contributed by atoms with E-state index < -0.39 is 10.0 Å². The van der Waals surface area contributed by atoms with E-state index in [1.54, 1.807) is 0 Å². The zero-order chi connectivity index (χ0) is 17.4. The number of aliphatic imine (C=N–C) groups is 1. The molecule has 25 heavy (non-hydrogen) atoms. The SMILES string of the molecule is CCCCCCN=C(N)NCCS(=O)(=O)N1CCc2ccccc21.I. The highest BCUT2D eigenvalue weighted by molar-refractivity contribution is 14.0. The molecular weight excluding hydrogens is 451 g/mol. The minimum Gasteiger partial charge on any atom is -0.370 e. The number of nitrogens with zero attached hydrogens (tertiary/aromatic N) is 2. The number of halogens is 1. The maximum Gasteiger partial charge on any atom is 0.236 e. The zero-order valence-corrected chi connectivity index (χ0v) is 17.9. The molecule has 0 unspecified atom stereocenters. The predicted molar refractivity (Wildman–Crippen MR) is 115 cm³/mol. The highest BCUT2D eigenvalue weighted by Crippen LogP contribution is 2.29. The molecule has 0 radical (unpaired) electrons. The molecule has 2 rings (SSSR count). The molecule has 0 saturated heterocycles. The number of para-hydroxylation sites is 1. The third-order valence-corrected chi connectivity index (χ3v) is 5.91. The first kappa shape index (κ1) is 22.0. The van der Waals surface area contributed by atoms with Crippen molar-refractivity contribution >= 4 is 45.6 Å². The quantitative estimate of drug-likeness (QED) is 0.246. The van der Waals surface area contributed by atoms with E-state index in [9.17, 15) is 8.42 Å². The van der Waals surface area contributed by atoms with Crippen molar-refractivity contribution in [2.75, 3.05) is 29.7 Å². The first-order chi connectivity index (χ1) is 11.5. The number of hydrogen-bond acceptors (Lipinski definition) is 3. The molecule has 3 N–H and O–H groups in total. The molecule has 142 valence electrons. The summed E-state index contributed by atoms with van der Waals surface area (Å²) in [4.78, 5) is 4.22. The minimum atomic E-state index is -3.34. The standard InChI is InChI=1S/C17H28N4O2S.HI/c1-2-3-4-7-11-19-17(18)20-12-14-24(22,23)21-13-10-15-8-5-6-9-16(15)21;/h5-6,8-9H,2-4,7,10-14H2,1H3,(H3,18,19,20);1H. The van der Waals surface area contributed by atoms with Crippen molar-refractivity contribution in [2.45, 2.75) is 39.0 Å². The minimum absolute atomic E-state index is 0. The number of hydrogen-bond donors (Lipinski definition) is 2. The average molecular weight is 480 g/mol. The van der Waals surface area contributed by atoms with Gasteiger partial charge in [0.1, 0.15) is 0 Å². The fourth-order valence-corrected chi connectivity index (χ4v) is 4.24. The fourth-order valence-electron chi connectivity index (χ4n) is 2.81. The summed E-state index contributed by atoms with van der Waals surface area (Å²) in [6, 6.07) is 7.65. The molecule has 0 saturated carbocycles. The van der Waals surface area contributed by atoms with Crippen molar-refractivity contribution in [1.29, 1.82) is 0 Å². The third-order valence-electron chi connectivity index (χ3n) is 4.14. The first-order valence-electron chi connectivity index (χ1n) is 8.66. The van der Waals surface area contributed by atoms with E-state index in [4.69, 9.17) is 5.73 Å². The predicted octanol–water partition coefficient (Wildman–Crippen LogP) is 2.48. The smallest absolute Gasteiger partial charge is 0.236 e. The number of anilines is 1. The van der Waals surface area contributed by atoms with Crippen molar-refractivity contribution < 1.29 is 8.42 Å². The normalized spacial score (nSPS) is 14.1. The Balaban J connectivity index is 0.00000312. The van der Waals surface area contributed by atoms with Gasteiger partial charge in [-0.3, -0.25) is 9.30 Å². The summed E-state index contributed by atoms with van der Waals surface area (Å²) in [5.41, 5.74) is 7.66. The van der Waals surface area contributed by atoms with Gasteiger partial charge in [-0.2, -0.15) is 0 Å². The van der Waals surface area contributed by atoms with Crippen LogP contribution in [0.15, 0.2) is 29.3 Å². The molecular formula is C17H29IN4O2S. The van der Waals surface area contributed by atoms with Crippen LogP contribution in [0.2, 0.25) is 0 Å². The van der Waals surface area contributed by atoms with E-state index in [1.807, 2.05) is 24.3 Å². The molecule has 1 aliphatic heterocycles. The first-order valence-corrected chi connectivity index (χ1v) is 10.3. The molecule has 0 spiro atoms. The summed E-state index contributed by atoms with van der Waals surface area (Å²) >= 11 is 0. The summed E-state index contributed by atoms with van der Waals surface area (Å²) in [6.45, 7) is 3.64. The van der Waals surface area contributed by atoms with E-state index in [0.29, 0.717) is 19.0 Å². The van der Waals surface area contributed by atoms with Crippen LogP contribution in [0.5, 0.6) is 0 Å². The number of unbranched alkanes of at least 4 members (excludes halogenated alkanes) is 3. The van der Waals surface area contributed by atoms with Crippen molar-refractivity contribution in [1.82, 2.24) is 5.32 Å². The highest BCUT2D eigenvalue weighted by Gasteiger charge is 2.28. The van der Waals surface area contributed by atoms with Crippen LogP contribution in [0, 0.1) is 0 Å². The summed E-state index contributed by atoms with van der Waals surface area (Å²) < 4.78 is 26.5. The molecule has 1 heterocycles. The van der Waals surface area contributed by atoms with Gasteiger partial charge in [-0.1, -0.05) is 44.4 Å². The lowest BCUT2D eigenvalue weighted by atomic mass is 10.2. The molecule has 1 aromatic carbocycles. The van der Waals surface area contributed by atoms with Gasteiger partial charge in [0, 0.05) is 19.6 Å². The van der Waals surface area contributed by atoms with E-state index in [1.165, 1.54) is 17.1 Å². The van der Waals surface area contributed by atoms with E-state index >= 15 is 0 Å². The van der Waals surface area contributed by atoms with Gasteiger partial charge in [-0.15, -0.1) is 24.0 Å². The Kier molecular flexibility index (Phi) is 9.55. The third kappa shape index (κ3) is 6.65. The van der Waals surface area contributed by atoms with Gasteiger partial charge in [-0.05, 0) is 24.5 Å². The number of sulfonamides is 1. The topological polar surface area (TPSA) is 87.8 Å². The summed E-state index contributed by atoms with van der Waals surface area (Å²) in [5.74, 6) is 0.330. The maximum absolute atomic E-state index is 12.5. The number of nitrogens with one attached hydrogen (secondary N) is 1. The Morgan fingerprint density at radius 1 is 1.28 bits per heavy atom. The van der Waals surface area contributed by atoms with E-state index in [-0.39, 0.29) is 36.3 Å². The Labute approximate surface area is 168 Å². The lowest BCUT2D eigenvalue weighted by molar-refractivity contribution is 0.591. The molecule has 1 aliphatic rings. The van der Waals surface area contributed by atoms with Crippen LogP contribution < -0.4 is 15.4 Å². The highest BCUT2D eigenvalue weighted by atomic mass is 127. The lowest BCUT2D eigenvalue weighted by Crippen LogP contribution is -2.39. The molecule has 8 heteroatoms. The summed E-state index contributed by atoms with van der Waals surface area (Å²) in [5, 5.41) is 2.90.